The minimum atomic E-state index is -0.0382. The van der Waals surface area contributed by atoms with Crippen LogP contribution in [0, 0.1) is 6.92 Å². The monoisotopic (exact) mass is 263 g/mol. The Hall–Kier alpha value is -1.58. The van der Waals surface area contributed by atoms with Gasteiger partial charge in [0.2, 0.25) is 0 Å². The SMILES string of the molecule is CCCC(CC)NC(=O)c1cnc(C)cc1NCC. The molecule has 4 nitrogen and oxygen atoms in total. The van der Waals surface area contributed by atoms with Gasteiger partial charge in [0.05, 0.1) is 11.3 Å². The fourth-order valence-electron chi connectivity index (χ4n) is 2.07. The van der Waals surface area contributed by atoms with Gasteiger partial charge in [0.15, 0.2) is 0 Å². The highest BCUT2D eigenvalue weighted by Gasteiger charge is 2.15. The fraction of sp³-hybridized carbons (Fsp3) is 0.600. The van der Waals surface area contributed by atoms with Crippen molar-refractivity contribution in [3.05, 3.63) is 23.5 Å². The Balaban J connectivity index is 2.86. The number of hydrogen-bond donors (Lipinski definition) is 2. The molecule has 1 aromatic rings. The third kappa shape index (κ3) is 4.54. The van der Waals surface area contributed by atoms with Crippen LogP contribution in [-0.2, 0) is 0 Å². The van der Waals surface area contributed by atoms with E-state index in [-0.39, 0.29) is 11.9 Å². The first-order valence-electron chi connectivity index (χ1n) is 7.13. The number of pyridine rings is 1. The van der Waals surface area contributed by atoms with Gasteiger partial charge in [0.1, 0.15) is 0 Å². The first-order chi connectivity index (χ1) is 9.12. The van der Waals surface area contributed by atoms with Gasteiger partial charge in [0, 0.05) is 24.5 Å². The zero-order valence-corrected chi connectivity index (χ0v) is 12.4. The molecule has 0 fully saturated rings. The highest BCUT2D eigenvalue weighted by atomic mass is 16.1. The maximum absolute atomic E-state index is 12.3. The molecular weight excluding hydrogens is 238 g/mol. The predicted octanol–water partition coefficient (Wildman–Crippen LogP) is 3.13. The third-order valence-corrected chi connectivity index (χ3v) is 3.12. The molecule has 0 aromatic carbocycles. The molecule has 0 aliphatic carbocycles. The van der Waals surface area contributed by atoms with E-state index in [2.05, 4.69) is 29.5 Å². The van der Waals surface area contributed by atoms with Gasteiger partial charge in [-0.05, 0) is 32.8 Å². The van der Waals surface area contributed by atoms with Crippen molar-refractivity contribution in [2.24, 2.45) is 0 Å². The summed E-state index contributed by atoms with van der Waals surface area (Å²) in [5.74, 6) is -0.0382. The second kappa shape index (κ2) is 7.77. The van der Waals surface area contributed by atoms with Crippen LogP contribution in [-0.4, -0.2) is 23.5 Å². The van der Waals surface area contributed by atoms with Crippen LogP contribution in [0.25, 0.3) is 0 Å². The summed E-state index contributed by atoms with van der Waals surface area (Å²) in [6.07, 6.45) is 4.69. The quantitative estimate of drug-likeness (QED) is 0.794. The molecule has 0 spiro atoms. The fourth-order valence-corrected chi connectivity index (χ4v) is 2.07. The standard InChI is InChI=1S/C15H25N3O/c1-5-8-12(6-2)18-15(19)13-10-17-11(4)9-14(13)16-7-3/h9-10,12H,5-8H2,1-4H3,(H,16,17)(H,18,19). The number of carbonyl (C=O) groups is 1. The van der Waals surface area contributed by atoms with Crippen molar-refractivity contribution in [2.75, 3.05) is 11.9 Å². The molecule has 1 rings (SSSR count). The normalized spacial score (nSPS) is 12.0. The molecule has 1 atom stereocenters. The van der Waals surface area contributed by atoms with Crippen molar-refractivity contribution in [3.8, 4) is 0 Å². The lowest BCUT2D eigenvalue weighted by atomic mass is 10.1. The number of aryl methyl sites for hydroxylation is 1. The van der Waals surface area contributed by atoms with Crippen LogP contribution >= 0.6 is 0 Å². The number of nitrogens with zero attached hydrogens (tertiary/aromatic N) is 1. The summed E-state index contributed by atoms with van der Waals surface area (Å²) in [5, 5.41) is 6.30. The molecule has 0 saturated carbocycles. The number of rotatable bonds is 7. The predicted molar refractivity (Wildman–Crippen MR) is 79.6 cm³/mol. The Bertz CT molecular complexity index is 418. The maximum Gasteiger partial charge on any atom is 0.255 e. The summed E-state index contributed by atoms with van der Waals surface area (Å²) < 4.78 is 0. The van der Waals surface area contributed by atoms with E-state index in [0.29, 0.717) is 5.56 Å². The van der Waals surface area contributed by atoms with E-state index < -0.39 is 0 Å². The molecule has 0 bridgehead atoms. The topological polar surface area (TPSA) is 54.0 Å². The molecule has 0 radical (unpaired) electrons. The minimum absolute atomic E-state index is 0.0382. The first-order valence-corrected chi connectivity index (χ1v) is 7.13. The number of amides is 1. The number of anilines is 1. The smallest absolute Gasteiger partial charge is 0.255 e. The average Bonchev–Trinajstić information content (AvgIpc) is 2.38. The van der Waals surface area contributed by atoms with Crippen LogP contribution in [0.15, 0.2) is 12.3 Å². The van der Waals surface area contributed by atoms with Gasteiger partial charge < -0.3 is 10.6 Å². The van der Waals surface area contributed by atoms with Crippen molar-refractivity contribution in [1.82, 2.24) is 10.3 Å². The van der Waals surface area contributed by atoms with Crippen LogP contribution in [0.5, 0.6) is 0 Å². The van der Waals surface area contributed by atoms with Crippen molar-refractivity contribution in [3.63, 3.8) is 0 Å². The lowest BCUT2D eigenvalue weighted by molar-refractivity contribution is 0.0934. The summed E-state index contributed by atoms with van der Waals surface area (Å²) in [7, 11) is 0. The van der Waals surface area contributed by atoms with Crippen LogP contribution in [0.3, 0.4) is 0 Å². The number of aromatic nitrogens is 1. The summed E-state index contributed by atoms with van der Waals surface area (Å²) >= 11 is 0. The molecule has 19 heavy (non-hydrogen) atoms. The maximum atomic E-state index is 12.3. The van der Waals surface area contributed by atoms with Gasteiger partial charge in [-0.1, -0.05) is 20.3 Å². The molecule has 1 unspecified atom stereocenters. The van der Waals surface area contributed by atoms with E-state index >= 15 is 0 Å². The third-order valence-electron chi connectivity index (χ3n) is 3.12. The molecule has 106 valence electrons. The lowest BCUT2D eigenvalue weighted by Crippen LogP contribution is -2.34. The number of carbonyl (C=O) groups excluding carboxylic acids is 1. The zero-order chi connectivity index (χ0) is 14.3. The van der Waals surface area contributed by atoms with E-state index in [1.807, 2.05) is 19.9 Å². The molecule has 1 aromatic heterocycles. The second-order valence-electron chi connectivity index (χ2n) is 4.77. The minimum Gasteiger partial charge on any atom is -0.385 e. The average molecular weight is 263 g/mol. The van der Waals surface area contributed by atoms with E-state index in [0.717, 1.165) is 37.2 Å². The van der Waals surface area contributed by atoms with Crippen LogP contribution < -0.4 is 10.6 Å². The Morgan fingerprint density at radius 1 is 1.37 bits per heavy atom. The zero-order valence-electron chi connectivity index (χ0n) is 12.4. The molecule has 2 N–H and O–H groups in total. The second-order valence-corrected chi connectivity index (χ2v) is 4.77. The molecule has 4 heteroatoms. The summed E-state index contributed by atoms with van der Waals surface area (Å²) in [4.78, 5) is 16.5. The molecule has 0 saturated heterocycles. The first kappa shape index (κ1) is 15.5. The van der Waals surface area contributed by atoms with Crippen LogP contribution in [0.2, 0.25) is 0 Å². The van der Waals surface area contributed by atoms with Crippen molar-refractivity contribution >= 4 is 11.6 Å². The Morgan fingerprint density at radius 2 is 2.11 bits per heavy atom. The summed E-state index contributed by atoms with van der Waals surface area (Å²) in [6, 6.07) is 2.16. The molecule has 1 heterocycles. The Morgan fingerprint density at radius 3 is 2.68 bits per heavy atom. The van der Waals surface area contributed by atoms with E-state index in [1.165, 1.54) is 0 Å². The molecular formula is C15H25N3O. The molecule has 0 aliphatic rings. The van der Waals surface area contributed by atoms with Gasteiger partial charge in [-0.3, -0.25) is 9.78 Å². The van der Waals surface area contributed by atoms with Crippen molar-refractivity contribution in [1.29, 1.82) is 0 Å². The van der Waals surface area contributed by atoms with Crippen LogP contribution in [0.4, 0.5) is 5.69 Å². The summed E-state index contributed by atoms with van der Waals surface area (Å²) in [5.41, 5.74) is 2.40. The Kier molecular flexibility index (Phi) is 6.33. The lowest BCUT2D eigenvalue weighted by Gasteiger charge is -2.17. The Labute approximate surface area is 116 Å². The molecule has 0 aliphatic heterocycles. The van der Waals surface area contributed by atoms with Gasteiger partial charge in [0.25, 0.3) is 5.91 Å². The van der Waals surface area contributed by atoms with Gasteiger partial charge in [-0.2, -0.15) is 0 Å². The van der Waals surface area contributed by atoms with Crippen molar-refractivity contribution < 1.29 is 4.79 Å². The van der Waals surface area contributed by atoms with E-state index in [4.69, 9.17) is 0 Å². The highest BCUT2D eigenvalue weighted by molar-refractivity contribution is 5.99. The largest absolute Gasteiger partial charge is 0.385 e. The number of nitrogens with one attached hydrogen (secondary N) is 2. The van der Waals surface area contributed by atoms with Crippen LogP contribution in [0.1, 0.15) is 56.1 Å². The van der Waals surface area contributed by atoms with Gasteiger partial charge in [-0.25, -0.2) is 0 Å². The molecule has 1 amide bonds. The van der Waals surface area contributed by atoms with Gasteiger partial charge in [-0.15, -0.1) is 0 Å². The van der Waals surface area contributed by atoms with Crippen molar-refractivity contribution in [2.45, 2.75) is 53.0 Å². The summed E-state index contributed by atoms with van der Waals surface area (Å²) in [6.45, 7) is 8.96. The van der Waals surface area contributed by atoms with E-state index in [9.17, 15) is 4.79 Å². The van der Waals surface area contributed by atoms with E-state index in [1.54, 1.807) is 6.20 Å². The highest BCUT2D eigenvalue weighted by Crippen LogP contribution is 2.16. The number of hydrogen-bond acceptors (Lipinski definition) is 3. The van der Waals surface area contributed by atoms with Gasteiger partial charge >= 0.3 is 0 Å².